The third-order valence-corrected chi connectivity index (χ3v) is 3.34. The van der Waals surface area contributed by atoms with Gasteiger partial charge >= 0.3 is 0 Å². The first kappa shape index (κ1) is 11.5. The molecule has 1 aliphatic heterocycles. The van der Waals surface area contributed by atoms with E-state index in [2.05, 4.69) is 27.3 Å². The summed E-state index contributed by atoms with van der Waals surface area (Å²) in [5.74, 6) is 1.44. The van der Waals surface area contributed by atoms with Crippen molar-refractivity contribution >= 4 is 0 Å². The summed E-state index contributed by atoms with van der Waals surface area (Å²) in [6.07, 6.45) is 2.38. The second-order valence-electron chi connectivity index (χ2n) is 4.56. The number of rotatable bonds is 3. The molecule has 2 unspecified atom stereocenters. The van der Waals surface area contributed by atoms with Crippen molar-refractivity contribution in [3.05, 3.63) is 11.7 Å². The second-order valence-corrected chi connectivity index (χ2v) is 4.56. The number of nitrogens with zero attached hydrogens (tertiary/aromatic N) is 3. The topological polar surface area (TPSA) is 54.2 Å². The van der Waals surface area contributed by atoms with Crippen molar-refractivity contribution in [2.75, 3.05) is 13.6 Å². The van der Waals surface area contributed by atoms with Gasteiger partial charge in [0.15, 0.2) is 5.82 Å². The fraction of sp³-hybridized carbons (Fsp3) is 0.818. The molecular weight excluding hydrogens is 204 g/mol. The van der Waals surface area contributed by atoms with Gasteiger partial charge in [0.05, 0.1) is 6.54 Å². The molecule has 0 amide bonds. The molecule has 0 aromatic carbocycles. The number of hydrogen-bond acceptors (Lipinski definition) is 5. The van der Waals surface area contributed by atoms with Crippen molar-refractivity contribution in [3.63, 3.8) is 0 Å². The van der Waals surface area contributed by atoms with E-state index in [1.807, 2.05) is 14.0 Å². The van der Waals surface area contributed by atoms with Gasteiger partial charge in [-0.1, -0.05) is 5.16 Å². The van der Waals surface area contributed by atoms with Crippen LogP contribution < -0.4 is 5.32 Å². The summed E-state index contributed by atoms with van der Waals surface area (Å²) in [4.78, 5) is 6.66. The minimum Gasteiger partial charge on any atom is -0.340 e. The first-order valence-corrected chi connectivity index (χ1v) is 5.89. The summed E-state index contributed by atoms with van der Waals surface area (Å²) in [5, 5.41) is 7.29. The van der Waals surface area contributed by atoms with Crippen LogP contribution in [0.5, 0.6) is 0 Å². The van der Waals surface area contributed by atoms with Crippen molar-refractivity contribution in [2.24, 2.45) is 0 Å². The maximum absolute atomic E-state index is 4.98. The summed E-state index contributed by atoms with van der Waals surface area (Å²) < 4.78 is 4.98. The zero-order valence-electron chi connectivity index (χ0n) is 10.2. The number of nitrogens with one attached hydrogen (secondary N) is 1. The van der Waals surface area contributed by atoms with Crippen LogP contribution in [0.25, 0.3) is 0 Å². The van der Waals surface area contributed by atoms with Gasteiger partial charge in [0.25, 0.3) is 0 Å². The lowest BCUT2D eigenvalue weighted by molar-refractivity contribution is 0.127. The van der Waals surface area contributed by atoms with Gasteiger partial charge in [0.2, 0.25) is 5.89 Å². The molecule has 90 valence electrons. The molecule has 5 nitrogen and oxygen atoms in total. The lowest BCUT2D eigenvalue weighted by atomic mass is 9.98. The van der Waals surface area contributed by atoms with Gasteiger partial charge in [0.1, 0.15) is 0 Å². The lowest BCUT2D eigenvalue weighted by Crippen LogP contribution is -2.46. The SMILES string of the molecule is CNC1CCN(Cc2noc(C)n2)C(C)C1. The minimum absolute atomic E-state index is 0.574. The molecule has 1 aliphatic rings. The number of likely N-dealkylation sites (tertiary alicyclic amines) is 1. The van der Waals surface area contributed by atoms with E-state index in [-0.39, 0.29) is 0 Å². The van der Waals surface area contributed by atoms with Crippen molar-refractivity contribution in [2.45, 2.75) is 45.3 Å². The van der Waals surface area contributed by atoms with Crippen LogP contribution in [-0.4, -0.2) is 40.7 Å². The fourth-order valence-corrected chi connectivity index (χ4v) is 2.30. The normalized spacial score (nSPS) is 27.2. The third-order valence-electron chi connectivity index (χ3n) is 3.34. The average Bonchev–Trinajstić information content (AvgIpc) is 2.67. The molecule has 16 heavy (non-hydrogen) atoms. The lowest BCUT2D eigenvalue weighted by Gasteiger charge is -2.36. The van der Waals surface area contributed by atoms with Gasteiger partial charge in [-0.15, -0.1) is 0 Å². The number of hydrogen-bond donors (Lipinski definition) is 1. The van der Waals surface area contributed by atoms with E-state index in [0.29, 0.717) is 18.0 Å². The van der Waals surface area contributed by atoms with Crippen molar-refractivity contribution in [1.82, 2.24) is 20.4 Å². The number of aromatic nitrogens is 2. The van der Waals surface area contributed by atoms with Gasteiger partial charge in [0, 0.05) is 25.6 Å². The van der Waals surface area contributed by atoms with E-state index in [1.54, 1.807) is 0 Å². The highest BCUT2D eigenvalue weighted by Crippen LogP contribution is 2.18. The highest BCUT2D eigenvalue weighted by molar-refractivity contribution is 4.88. The van der Waals surface area contributed by atoms with Gasteiger partial charge in [-0.2, -0.15) is 4.98 Å². The number of aryl methyl sites for hydroxylation is 1. The minimum atomic E-state index is 0.574. The Morgan fingerprint density at radius 2 is 2.38 bits per heavy atom. The van der Waals surface area contributed by atoms with E-state index in [1.165, 1.54) is 12.8 Å². The van der Waals surface area contributed by atoms with Crippen molar-refractivity contribution in [3.8, 4) is 0 Å². The first-order chi connectivity index (χ1) is 7.69. The van der Waals surface area contributed by atoms with E-state index < -0.39 is 0 Å². The summed E-state index contributed by atoms with van der Waals surface area (Å²) >= 11 is 0. The van der Waals surface area contributed by atoms with Crippen LogP contribution in [0.2, 0.25) is 0 Å². The fourth-order valence-electron chi connectivity index (χ4n) is 2.30. The second kappa shape index (κ2) is 4.93. The third kappa shape index (κ3) is 2.59. The predicted molar refractivity (Wildman–Crippen MR) is 61.0 cm³/mol. The smallest absolute Gasteiger partial charge is 0.223 e. The molecule has 0 aliphatic carbocycles. The summed E-state index contributed by atoms with van der Waals surface area (Å²) in [6, 6.07) is 1.23. The Balaban J connectivity index is 1.91. The molecule has 0 saturated carbocycles. The Labute approximate surface area is 96.2 Å². The van der Waals surface area contributed by atoms with E-state index in [4.69, 9.17) is 4.52 Å². The Hall–Kier alpha value is -0.940. The molecule has 1 aromatic rings. The molecule has 5 heteroatoms. The molecule has 0 bridgehead atoms. The molecule has 1 N–H and O–H groups in total. The maximum atomic E-state index is 4.98. The Morgan fingerprint density at radius 3 is 2.94 bits per heavy atom. The maximum Gasteiger partial charge on any atom is 0.223 e. The van der Waals surface area contributed by atoms with Crippen LogP contribution in [0.3, 0.4) is 0 Å². The van der Waals surface area contributed by atoms with Crippen LogP contribution in [-0.2, 0) is 6.54 Å². The van der Waals surface area contributed by atoms with Crippen molar-refractivity contribution < 1.29 is 4.52 Å². The van der Waals surface area contributed by atoms with E-state index >= 15 is 0 Å². The first-order valence-electron chi connectivity index (χ1n) is 5.89. The van der Waals surface area contributed by atoms with Crippen LogP contribution in [0.1, 0.15) is 31.5 Å². The quantitative estimate of drug-likeness (QED) is 0.828. The zero-order chi connectivity index (χ0) is 11.5. The Morgan fingerprint density at radius 1 is 1.56 bits per heavy atom. The monoisotopic (exact) mass is 224 g/mol. The molecule has 1 saturated heterocycles. The largest absolute Gasteiger partial charge is 0.340 e. The summed E-state index contributed by atoms with van der Waals surface area (Å²) in [6.45, 7) is 5.98. The molecule has 2 atom stereocenters. The van der Waals surface area contributed by atoms with E-state index in [9.17, 15) is 0 Å². The number of piperidine rings is 1. The van der Waals surface area contributed by atoms with Crippen LogP contribution >= 0.6 is 0 Å². The molecular formula is C11H20N4O. The van der Waals surface area contributed by atoms with Crippen LogP contribution in [0.15, 0.2) is 4.52 Å². The molecule has 1 fully saturated rings. The summed E-state index contributed by atoms with van der Waals surface area (Å²) in [7, 11) is 2.04. The highest BCUT2D eigenvalue weighted by Gasteiger charge is 2.25. The average molecular weight is 224 g/mol. The molecule has 2 heterocycles. The standard InChI is InChI=1S/C11H20N4O/c1-8-6-10(12-3)4-5-15(8)7-11-13-9(2)16-14-11/h8,10,12H,4-7H2,1-3H3. The van der Waals surface area contributed by atoms with E-state index in [0.717, 1.165) is 18.9 Å². The zero-order valence-corrected chi connectivity index (χ0v) is 10.2. The van der Waals surface area contributed by atoms with Crippen LogP contribution in [0, 0.1) is 6.92 Å². The Kier molecular flexibility index (Phi) is 3.56. The van der Waals surface area contributed by atoms with Gasteiger partial charge < -0.3 is 9.84 Å². The van der Waals surface area contributed by atoms with Gasteiger partial charge in [-0.3, -0.25) is 4.90 Å². The van der Waals surface area contributed by atoms with Crippen LogP contribution in [0.4, 0.5) is 0 Å². The Bertz CT molecular complexity index is 338. The molecule has 0 spiro atoms. The highest BCUT2D eigenvalue weighted by atomic mass is 16.5. The van der Waals surface area contributed by atoms with Crippen molar-refractivity contribution in [1.29, 1.82) is 0 Å². The van der Waals surface area contributed by atoms with Gasteiger partial charge in [-0.25, -0.2) is 0 Å². The predicted octanol–water partition coefficient (Wildman–Crippen LogP) is 0.950. The van der Waals surface area contributed by atoms with Gasteiger partial charge in [-0.05, 0) is 26.8 Å². The molecule has 0 radical (unpaired) electrons. The molecule has 2 rings (SSSR count). The molecule has 1 aromatic heterocycles. The summed E-state index contributed by atoms with van der Waals surface area (Å²) in [5.41, 5.74) is 0.